The van der Waals surface area contributed by atoms with Crippen LogP contribution in [0.25, 0.3) is 0 Å². The zero-order valence-corrected chi connectivity index (χ0v) is 16.2. The third kappa shape index (κ3) is 6.88. The Kier molecular flexibility index (Phi) is 8.17. The van der Waals surface area contributed by atoms with E-state index in [1.807, 2.05) is 0 Å². The van der Waals surface area contributed by atoms with Crippen molar-refractivity contribution in [2.75, 3.05) is 14.2 Å². The SMILES string of the molecule is COc1ccc(C(=O)CCC(=O)N[C@@H](Cc2cc(F)cc(OC)c2)B(O)O)cc1. The van der Waals surface area contributed by atoms with E-state index in [9.17, 15) is 24.0 Å². The fraction of sp³-hybridized carbons (Fsp3) is 0.300. The summed E-state index contributed by atoms with van der Waals surface area (Å²) in [6, 6.07) is 10.5. The summed E-state index contributed by atoms with van der Waals surface area (Å²) in [4.78, 5) is 24.4. The fourth-order valence-electron chi connectivity index (χ4n) is 2.77. The molecule has 2 aromatic carbocycles. The minimum atomic E-state index is -1.86. The lowest BCUT2D eigenvalue weighted by Crippen LogP contribution is -2.48. The van der Waals surface area contributed by atoms with E-state index in [0.717, 1.165) is 0 Å². The first-order valence-corrected chi connectivity index (χ1v) is 8.98. The third-order valence-corrected chi connectivity index (χ3v) is 4.32. The van der Waals surface area contributed by atoms with Gasteiger partial charge in [0.25, 0.3) is 0 Å². The van der Waals surface area contributed by atoms with Gasteiger partial charge < -0.3 is 24.8 Å². The van der Waals surface area contributed by atoms with Gasteiger partial charge in [-0.25, -0.2) is 4.39 Å². The Bertz CT molecular complexity index is 843. The summed E-state index contributed by atoms with van der Waals surface area (Å²) in [5.41, 5.74) is 0.874. The average Bonchev–Trinajstić information content (AvgIpc) is 2.71. The van der Waals surface area contributed by atoms with Gasteiger partial charge in [-0.3, -0.25) is 9.59 Å². The molecule has 0 aliphatic carbocycles. The van der Waals surface area contributed by atoms with E-state index in [2.05, 4.69) is 5.32 Å². The Hall–Kier alpha value is -2.91. The summed E-state index contributed by atoms with van der Waals surface area (Å²) >= 11 is 0. The van der Waals surface area contributed by atoms with Crippen LogP contribution in [0.4, 0.5) is 4.39 Å². The van der Waals surface area contributed by atoms with E-state index in [1.54, 1.807) is 24.3 Å². The van der Waals surface area contributed by atoms with Crippen LogP contribution in [0.3, 0.4) is 0 Å². The Morgan fingerprint density at radius 3 is 2.28 bits per heavy atom. The van der Waals surface area contributed by atoms with Crippen molar-refractivity contribution in [1.82, 2.24) is 5.32 Å². The molecule has 0 saturated carbocycles. The molecule has 1 amide bonds. The maximum Gasteiger partial charge on any atom is 0.475 e. The number of carbonyl (C=O) groups excluding carboxylic acids is 2. The molecule has 0 aliphatic heterocycles. The van der Waals surface area contributed by atoms with E-state index in [-0.39, 0.29) is 30.8 Å². The van der Waals surface area contributed by atoms with E-state index >= 15 is 0 Å². The van der Waals surface area contributed by atoms with Crippen molar-refractivity contribution < 1.29 is 33.5 Å². The predicted octanol–water partition coefficient (Wildman–Crippen LogP) is 1.55. The van der Waals surface area contributed by atoms with Gasteiger partial charge in [-0.05, 0) is 48.4 Å². The maximum absolute atomic E-state index is 13.6. The van der Waals surface area contributed by atoms with Crippen LogP contribution in [-0.2, 0) is 11.2 Å². The minimum Gasteiger partial charge on any atom is -0.497 e. The molecule has 154 valence electrons. The molecule has 0 fully saturated rings. The average molecular weight is 403 g/mol. The van der Waals surface area contributed by atoms with Crippen molar-refractivity contribution in [2.45, 2.75) is 25.2 Å². The molecular weight excluding hydrogens is 380 g/mol. The fourth-order valence-corrected chi connectivity index (χ4v) is 2.77. The first kappa shape index (κ1) is 22.4. The Morgan fingerprint density at radius 1 is 1.03 bits per heavy atom. The van der Waals surface area contributed by atoms with Gasteiger partial charge in [0.1, 0.15) is 17.3 Å². The number of hydrogen-bond acceptors (Lipinski definition) is 6. The highest BCUT2D eigenvalue weighted by molar-refractivity contribution is 6.43. The molecule has 0 spiro atoms. The van der Waals surface area contributed by atoms with Gasteiger partial charge in [-0.15, -0.1) is 0 Å². The Balaban J connectivity index is 1.93. The zero-order chi connectivity index (χ0) is 21.4. The molecule has 0 aliphatic rings. The molecule has 29 heavy (non-hydrogen) atoms. The minimum absolute atomic E-state index is 0.0239. The van der Waals surface area contributed by atoms with Crippen molar-refractivity contribution in [3.63, 3.8) is 0 Å². The summed E-state index contributed by atoms with van der Waals surface area (Å²) < 4.78 is 23.6. The number of Topliss-reactive ketones (excluding diaryl/α,β-unsaturated/α-hetero) is 1. The summed E-state index contributed by atoms with van der Waals surface area (Å²) in [6.07, 6.45) is -0.190. The lowest BCUT2D eigenvalue weighted by Gasteiger charge is -2.18. The number of methoxy groups -OCH3 is 2. The standard InChI is InChI=1S/C20H23BFNO6/c1-28-16-5-3-14(4-6-16)18(24)7-8-20(25)23-19(21(26)27)11-13-9-15(22)12-17(10-13)29-2/h3-6,9-10,12,19,26-27H,7-8,11H2,1-2H3,(H,23,25)/t19-/m0/s1. The monoisotopic (exact) mass is 403 g/mol. The summed E-state index contributed by atoms with van der Waals surface area (Å²) in [7, 11) is 1.05. The van der Waals surface area contributed by atoms with Gasteiger partial charge in [-0.1, -0.05) is 0 Å². The second kappa shape index (κ2) is 10.6. The molecule has 2 rings (SSSR count). The first-order valence-electron chi connectivity index (χ1n) is 8.98. The van der Waals surface area contributed by atoms with Crippen LogP contribution in [0, 0.1) is 5.82 Å². The highest BCUT2D eigenvalue weighted by atomic mass is 19.1. The number of ether oxygens (including phenoxy) is 2. The number of nitrogens with one attached hydrogen (secondary N) is 1. The quantitative estimate of drug-likeness (QED) is 0.411. The van der Waals surface area contributed by atoms with E-state index in [1.165, 1.54) is 32.4 Å². The lowest BCUT2D eigenvalue weighted by molar-refractivity contribution is -0.121. The molecule has 0 bridgehead atoms. The third-order valence-electron chi connectivity index (χ3n) is 4.32. The molecule has 0 saturated heterocycles. The first-order chi connectivity index (χ1) is 13.8. The van der Waals surface area contributed by atoms with Crippen LogP contribution >= 0.6 is 0 Å². The number of carbonyl (C=O) groups is 2. The van der Waals surface area contributed by atoms with E-state index < -0.39 is 24.8 Å². The maximum atomic E-state index is 13.6. The normalized spacial score (nSPS) is 11.5. The van der Waals surface area contributed by atoms with E-state index in [4.69, 9.17) is 9.47 Å². The number of rotatable bonds is 10. The summed E-state index contributed by atoms with van der Waals surface area (Å²) in [5, 5.41) is 21.6. The Morgan fingerprint density at radius 2 is 1.69 bits per heavy atom. The topological polar surface area (TPSA) is 105 Å². The largest absolute Gasteiger partial charge is 0.497 e. The van der Waals surface area contributed by atoms with Gasteiger partial charge in [0.05, 0.1) is 20.2 Å². The van der Waals surface area contributed by atoms with Gasteiger partial charge in [0.2, 0.25) is 5.91 Å². The summed E-state index contributed by atoms with van der Waals surface area (Å²) in [5.74, 6) is -1.45. The van der Waals surface area contributed by atoms with Crippen LogP contribution in [0.1, 0.15) is 28.8 Å². The molecule has 1 atom stereocenters. The second-order valence-corrected chi connectivity index (χ2v) is 6.44. The molecule has 0 unspecified atom stereocenters. The molecular formula is C20H23BFNO6. The van der Waals surface area contributed by atoms with Crippen LogP contribution in [0.5, 0.6) is 11.5 Å². The second-order valence-electron chi connectivity index (χ2n) is 6.44. The number of benzene rings is 2. The number of halogens is 1. The molecule has 0 radical (unpaired) electrons. The van der Waals surface area contributed by atoms with Crippen LogP contribution < -0.4 is 14.8 Å². The number of amides is 1. The molecule has 9 heteroatoms. The predicted molar refractivity (Wildman–Crippen MR) is 105 cm³/mol. The highest BCUT2D eigenvalue weighted by Gasteiger charge is 2.26. The Labute approximate surface area is 168 Å². The molecule has 7 nitrogen and oxygen atoms in total. The molecule has 3 N–H and O–H groups in total. The molecule has 0 heterocycles. The van der Waals surface area contributed by atoms with Crippen molar-refractivity contribution in [3.05, 3.63) is 59.4 Å². The van der Waals surface area contributed by atoms with Crippen molar-refractivity contribution >= 4 is 18.8 Å². The van der Waals surface area contributed by atoms with Crippen molar-refractivity contribution in [3.8, 4) is 11.5 Å². The van der Waals surface area contributed by atoms with Crippen LogP contribution in [0.15, 0.2) is 42.5 Å². The molecule has 2 aromatic rings. The van der Waals surface area contributed by atoms with E-state index in [0.29, 0.717) is 16.9 Å². The van der Waals surface area contributed by atoms with Gasteiger partial charge in [0, 0.05) is 24.5 Å². The van der Waals surface area contributed by atoms with Gasteiger partial charge in [-0.2, -0.15) is 0 Å². The van der Waals surface area contributed by atoms with Gasteiger partial charge >= 0.3 is 7.12 Å². The van der Waals surface area contributed by atoms with Gasteiger partial charge in [0.15, 0.2) is 5.78 Å². The smallest absolute Gasteiger partial charge is 0.475 e. The van der Waals surface area contributed by atoms with Crippen LogP contribution in [0.2, 0.25) is 0 Å². The lowest BCUT2D eigenvalue weighted by atomic mass is 9.75. The summed E-state index contributed by atoms with van der Waals surface area (Å²) in [6.45, 7) is 0. The molecule has 0 aromatic heterocycles. The van der Waals surface area contributed by atoms with Crippen molar-refractivity contribution in [2.24, 2.45) is 0 Å². The zero-order valence-electron chi connectivity index (χ0n) is 16.2. The van der Waals surface area contributed by atoms with Crippen LogP contribution in [-0.4, -0.2) is 49.0 Å². The van der Waals surface area contributed by atoms with Crippen molar-refractivity contribution in [1.29, 1.82) is 0 Å². The number of ketones is 1. The number of hydrogen-bond donors (Lipinski definition) is 3. The highest BCUT2D eigenvalue weighted by Crippen LogP contribution is 2.18.